The Hall–Kier alpha value is -2.05. The number of H-pyrrole nitrogens is 1. The minimum atomic E-state index is 0.718. The molecule has 1 aromatic carbocycles. The second-order valence-corrected chi connectivity index (χ2v) is 4.91. The minimum absolute atomic E-state index is 0.718. The van der Waals surface area contributed by atoms with Crippen LogP contribution in [0.25, 0.3) is 16.5 Å². The van der Waals surface area contributed by atoms with Gasteiger partial charge in [0, 0.05) is 30.2 Å². The van der Waals surface area contributed by atoms with Gasteiger partial charge in [-0.25, -0.2) is 0 Å². The predicted molar refractivity (Wildman–Crippen MR) is 77.7 cm³/mol. The molecule has 2 heterocycles. The van der Waals surface area contributed by atoms with Crippen LogP contribution in [0.3, 0.4) is 0 Å². The van der Waals surface area contributed by atoms with E-state index in [0.717, 1.165) is 42.5 Å². The monoisotopic (exact) mass is 251 g/mol. The molecule has 0 bridgehead atoms. The number of hydrogen-bond donors (Lipinski definition) is 1. The van der Waals surface area contributed by atoms with E-state index >= 15 is 0 Å². The fourth-order valence-electron chi connectivity index (χ4n) is 2.76. The summed E-state index contributed by atoms with van der Waals surface area (Å²) in [5, 5.41) is 10.3. The van der Waals surface area contributed by atoms with Crippen LogP contribution in [0, 0.1) is 11.3 Å². The smallest absolute Gasteiger partial charge is 0.101 e. The van der Waals surface area contributed by atoms with E-state index in [4.69, 9.17) is 5.26 Å². The summed E-state index contributed by atoms with van der Waals surface area (Å²) in [4.78, 5) is 5.68. The first-order valence-corrected chi connectivity index (χ1v) is 6.75. The molecule has 1 N–H and O–H groups in total. The number of rotatable bonds is 2. The normalized spacial score (nSPS) is 16.3. The summed E-state index contributed by atoms with van der Waals surface area (Å²) in [6, 6.07) is 8.15. The van der Waals surface area contributed by atoms with Crippen molar-refractivity contribution >= 4 is 16.5 Å². The van der Waals surface area contributed by atoms with Crippen molar-refractivity contribution in [3.63, 3.8) is 0 Å². The molecule has 1 aromatic heterocycles. The topological polar surface area (TPSA) is 42.8 Å². The van der Waals surface area contributed by atoms with Crippen LogP contribution in [0.4, 0.5) is 0 Å². The van der Waals surface area contributed by atoms with Gasteiger partial charge in [0.2, 0.25) is 0 Å². The Labute approximate surface area is 113 Å². The van der Waals surface area contributed by atoms with Crippen molar-refractivity contribution in [2.45, 2.75) is 13.3 Å². The summed E-state index contributed by atoms with van der Waals surface area (Å²) < 4.78 is 0. The van der Waals surface area contributed by atoms with Gasteiger partial charge in [0.05, 0.1) is 11.1 Å². The van der Waals surface area contributed by atoms with E-state index in [1.807, 2.05) is 18.3 Å². The number of para-hydroxylation sites is 1. The van der Waals surface area contributed by atoms with Gasteiger partial charge in [0.1, 0.15) is 6.07 Å². The Morgan fingerprint density at radius 2 is 2.32 bits per heavy atom. The molecule has 0 saturated carbocycles. The third kappa shape index (κ3) is 2.05. The second kappa shape index (κ2) is 4.91. The van der Waals surface area contributed by atoms with Crippen LogP contribution in [-0.4, -0.2) is 29.5 Å². The Kier molecular flexibility index (Phi) is 3.10. The third-order valence-corrected chi connectivity index (χ3v) is 3.92. The standard InChI is InChI=1S/C16H17N3/c1-2-19-8-6-12(7-9-19)15-11-18-16-13(10-17)4-3-5-14(15)16/h3-6,11,18H,2,7-9H2,1H3. The lowest BCUT2D eigenvalue weighted by molar-refractivity contribution is 0.319. The van der Waals surface area contributed by atoms with E-state index in [-0.39, 0.29) is 0 Å². The van der Waals surface area contributed by atoms with Crippen LogP contribution in [0.5, 0.6) is 0 Å². The molecule has 0 unspecified atom stereocenters. The third-order valence-electron chi connectivity index (χ3n) is 3.92. The molecule has 19 heavy (non-hydrogen) atoms. The van der Waals surface area contributed by atoms with E-state index in [9.17, 15) is 0 Å². The van der Waals surface area contributed by atoms with Crippen LogP contribution in [0.15, 0.2) is 30.5 Å². The molecular weight excluding hydrogens is 234 g/mol. The summed E-state index contributed by atoms with van der Waals surface area (Å²) >= 11 is 0. The molecule has 0 radical (unpaired) electrons. The number of hydrogen-bond acceptors (Lipinski definition) is 2. The summed E-state index contributed by atoms with van der Waals surface area (Å²) in [5.74, 6) is 0. The maximum absolute atomic E-state index is 9.13. The number of fused-ring (bicyclic) bond motifs is 1. The van der Waals surface area contributed by atoms with Gasteiger partial charge in [-0.05, 0) is 24.6 Å². The van der Waals surface area contributed by atoms with Crippen LogP contribution in [0.1, 0.15) is 24.5 Å². The van der Waals surface area contributed by atoms with Crippen molar-refractivity contribution in [2.75, 3.05) is 19.6 Å². The molecule has 3 nitrogen and oxygen atoms in total. The van der Waals surface area contributed by atoms with Crippen molar-refractivity contribution < 1.29 is 0 Å². The lowest BCUT2D eigenvalue weighted by Gasteiger charge is -2.24. The first kappa shape index (κ1) is 12.0. The van der Waals surface area contributed by atoms with Gasteiger partial charge in [-0.15, -0.1) is 0 Å². The highest BCUT2D eigenvalue weighted by Crippen LogP contribution is 2.30. The Morgan fingerprint density at radius 1 is 1.42 bits per heavy atom. The molecule has 1 aliphatic heterocycles. The van der Waals surface area contributed by atoms with Gasteiger partial charge >= 0.3 is 0 Å². The number of benzene rings is 1. The maximum Gasteiger partial charge on any atom is 0.101 e. The minimum Gasteiger partial charge on any atom is -0.359 e. The number of likely N-dealkylation sites (N-methyl/N-ethyl adjacent to an activating group) is 1. The fourth-order valence-corrected chi connectivity index (χ4v) is 2.76. The average molecular weight is 251 g/mol. The number of aromatic amines is 1. The Balaban J connectivity index is 2.03. The fraction of sp³-hybridized carbons (Fsp3) is 0.312. The number of nitrogens with one attached hydrogen (secondary N) is 1. The van der Waals surface area contributed by atoms with Crippen LogP contribution in [0.2, 0.25) is 0 Å². The highest BCUT2D eigenvalue weighted by molar-refractivity contribution is 5.95. The molecule has 1 aliphatic rings. The van der Waals surface area contributed by atoms with Crippen molar-refractivity contribution in [3.8, 4) is 6.07 Å². The van der Waals surface area contributed by atoms with E-state index in [1.165, 1.54) is 11.1 Å². The molecule has 0 aliphatic carbocycles. The molecular formula is C16H17N3. The highest BCUT2D eigenvalue weighted by atomic mass is 15.1. The quantitative estimate of drug-likeness (QED) is 0.891. The predicted octanol–water partition coefficient (Wildman–Crippen LogP) is 3.15. The zero-order valence-electron chi connectivity index (χ0n) is 11.1. The molecule has 3 heteroatoms. The summed E-state index contributed by atoms with van der Waals surface area (Å²) in [6.45, 7) is 5.45. The molecule has 0 saturated heterocycles. The number of aromatic nitrogens is 1. The van der Waals surface area contributed by atoms with Crippen molar-refractivity contribution in [3.05, 3.63) is 41.6 Å². The molecule has 0 amide bonds. The van der Waals surface area contributed by atoms with Gasteiger partial charge in [0.15, 0.2) is 0 Å². The Morgan fingerprint density at radius 3 is 3.00 bits per heavy atom. The average Bonchev–Trinajstić information content (AvgIpc) is 2.91. The lowest BCUT2D eigenvalue weighted by atomic mass is 9.98. The van der Waals surface area contributed by atoms with Crippen LogP contribution in [-0.2, 0) is 0 Å². The van der Waals surface area contributed by atoms with Gasteiger partial charge in [-0.1, -0.05) is 25.1 Å². The van der Waals surface area contributed by atoms with Crippen LogP contribution >= 0.6 is 0 Å². The van der Waals surface area contributed by atoms with Crippen molar-refractivity contribution in [2.24, 2.45) is 0 Å². The maximum atomic E-state index is 9.13. The van der Waals surface area contributed by atoms with Gasteiger partial charge in [-0.2, -0.15) is 5.26 Å². The molecule has 3 rings (SSSR count). The molecule has 0 spiro atoms. The first-order valence-electron chi connectivity index (χ1n) is 6.75. The second-order valence-electron chi connectivity index (χ2n) is 4.91. The molecule has 2 aromatic rings. The SMILES string of the molecule is CCN1CC=C(c2c[nH]c3c(C#N)cccc23)CC1. The molecule has 0 atom stereocenters. The van der Waals surface area contributed by atoms with Gasteiger partial charge in [-0.3, -0.25) is 4.90 Å². The van der Waals surface area contributed by atoms with Crippen LogP contribution < -0.4 is 0 Å². The molecule has 0 fully saturated rings. The largest absolute Gasteiger partial charge is 0.359 e. The van der Waals surface area contributed by atoms with Gasteiger partial charge < -0.3 is 4.98 Å². The zero-order chi connectivity index (χ0) is 13.2. The molecule has 96 valence electrons. The number of nitrogens with zero attached hydrogens (tertiary/aromatic N) is 2. The van der Waals surface area contributed by atoms with E-state index in [2.05, 4.69) is 35.0 Å². The summed E-state index contributed by atoms with van der Waals surface area (Å²) in [6.07, 6.45) is 5.44. The van der Waals surface area contributed by atoms with E-state index in [1.54, 1.807) is 0 Å². The van der Waals surface area contributed by atoms with E-state index < -0.39 is 0 Å². The van der Waals surface area contributed by atoms with E-state index in [0.29, 0.717) is 0 Å². The van der Waals surface area contributed by atoms with Gasteiger partial charge in [0.25, 0.3) is 0 Å². The van der Waals surface area contributed by atoms with Crippen molar-refractivity contribution in [1.82, 2.24) is 9.88 Å². The first-order chi connectivity index (χ1) is 9.33. The summed E-state index contributed by atoms with van der Waals surface area (Å²) in [7, 11) is 0. The summed E-state index contributed by atoms with van der Waals surface area (Å²) in [5.41, 5.74) is 4.32. The highest BCUT2D eigenvalue weighted by Gasteiger charge is 2.15. The lowest BCUT2D eigenvalue weighted by Crippen LogP contribution is -2.27. The zero-order valence-corrected chi connectivity index (χ0v) is 11.1. The number of nitriles is 1. The Bertz CT molecular complexity index is 673. The van der Waals surface area contributed by atoms with Crippen molar-refractivity contribution in [1.29, 1.82) is 5.26 Å².